The molecule has 0 saturated heterocycles. The molecule has 0 radical (unpaired) electrons. The van der Waals surface area contributed by atoms with Crippen LogP contribution in [-0.2, 0) is 25.6 Å². The van der Waals surface area contributed by atoms with Crippen molar-refractivity contribution in [1.82, 2.24) is 20.9 Å². The molecule has 4 unspecified atom stereocenters. The number of benzene rings is 1. The fraction of sp³-hybridized carbons (Fsp3) is 0.500. The molecule has 0 spiro atoms. The van der Waals surface area contributed by atoms with Crippen LogP contribution in [0.4, 0.5) is 0 Å². The number of rotatable bonds is 16. The number of nitrogens with zero attached hydrogens (tertiary/aromatic N) is 1. The van der Waals surface area contributed by atoms with Crippen molar-refractivity contribution in [2.24, 2.45) is 28.1 Å². The number of aliphatic carboxylic acids is 1. The molecule has 2 aromatic rings. The van der Waals surface area contributed by atoms with Crippen molar-refractivity contribution in [3.8, 4) is 0 Å². The molecule has 40 heavy (non-hydrogen) atoms. The molecule has 0 saturated carbocycles. The highest BCUT2D eigenvalue weighted by Crippen LogP contribution is 2.19. The van der Waals surface area contributed by atoms with Crippen LogP contribution in [-0.4, -0.2) is 76.2 Å². The average molecular weight is 577 g/mol. The van der Waals surface area contributed by atoms with Gasteiger partial charge in [-0.2, -0.15) is 12.6 Å². The fourth-order valence-electron chi connectivity index (χ4n) is 4.10. The number of thiol groups is 1. The first-order valence-electron chi connectivity index (χ1n) is 13.0. The molecule has 2 rings (SSSR count). The summed E-state index contributed by atoms with van der Waals surface area (Å²) in [5.41, 5.74) is 18.0. The summed E-state index contributed by atoms with van der Waals surface area (Å²) in [6, 6.07) is 3.22. The smallest absolute Gasteiger partial charge is 0.326 e. The van der Waals surface area contributed by atoms with Gasteiger partial charge in [-0.05, 0) is 36.8 Å². The Morgan fingerprint density at radius 1 is 1.00 bits per heavy atom. The third-order valence-corrected chi connectivity index (χ3v) is 6.56. The predicted octanol–water partition coefficient (Wildman–Crippen LogP) is -0.394. The van der Waals surface area contributed by atoms with Crippen molar-refractivity contribution in [3.05, 3.63) is 36.0 Å². The number of para-hydroxylation sites is 1. The van der Waals surface area contributed by atoms with Gasteiger partial charge in [-0.3, -0.25) is 19.4 Å². The first kappa shape index (κ1) is 32.4. The maximum atomic E-state index is 13.4. The quantitative estimate of drug-likeness (QED) is 0.0551. The van der Waals surface area contributed by atoms with Crippen LogP contribution in [0.5, 0.6) is 0 Å². The fourth-order valence-corrected chi connectivity index (χ4v) is 4.27. The van der Waals surface area contributed by atoms with Crippen molar-refractivity contribution < 1.29 is 24.3 Å². The molecular formula is C26H40N8O5S. The number of H-pyrrole nitrogens is 1. The number of fused-ring (bicyclic) bond motifs is 1. The van der Waals surface area contributed by atoms with E-state index < -0.39 is 47.9 Å². The topological polar surface area (TPSA) is 231 Å². The number of amides is 3. The van der Waals surface area contributed by atoms with Crippen LogP contribution in [0.1, 0.15) is 38.7 Å². The van der Waals surface area contributed by atoms with Gasteiger partial charge >= 0.3 is 5.97 Å². The molecule has 11 N–H and O–H groups in total. The number of nitrogens with two attached hydrogens (primary N) is 3. The standard InChI is InChI=1S/C26H40N8O5S/c1-14(2)10-20(33-22(35)17(27)13-40)23(36)34-21(11-15-12-31-18-7-4-3-6-16(15)18)24(37)32-19(25(38)39)8-5-9-30-26(28)29/h3-4,6-7,12,14,17,19-21,31,40H,5,8-11,13,27H2,1-2H3,(H,32,37)(H,33,35)(H,34,36)(H,38,39)(H4,28,29,30). The zero-order chi connectivity index (χ0) is 29.8. The van der Waals surface area contributed by atoms with E-state index >= 15 is 0 Å². The zero-order valence-corrected chi connectivity index (χ0v) is 23.6. The number of aliphatic imine (C=N–C) groups is 1. The lowest BCUT2D eigenvalue weighted by Gasteiger charge is -2.26. The molecule has 14 heteroatoms. The van der Waals surface area contributed by atoms with Gasteiger partial charge in [0.1, 0.15) is 18.1 Å². The minimum Gasteiger partial charge on any atom is -0.480 e. The molecule has 0 aliphatic carbocycles. The van der Waals surface area contributed by atoms with Gasteiger partial charge in [0.15, 0.2) is 5.96 Å². The molecule has 1 heterocycles. The molecule has 13 nitrogen and oxygen atoms in total. The van der Waals surface area contributed by atoms with E-state index in [1.807, 2.05) is 38.1 Å². The number of nitrogens with one attached hydrogen (secondary N) is 4. The molecule has 0 bridgehead atoms. The third-order valence-electron chi connectivity index (χ3n) is 6.17. The Morgan fingerprint density at radius 3 is 2.25 bits per heavy atom. The van der Waals surface area contributed by atoms with E-state index in [-0.39, 0.29) is 37.0 Å². The van der Waals surface area contributed by atoms with Gasteiger partial charge in [-0.25, -0.2) is 4.79 Å². The molecule has 0 aliphatic rings. The summed E-state index contributed by atoms with van der Waals surface area (Å²) in [6.07, 6.45) is 2.48. The third kappa shape index (κ3) is 10.1. The number of carboxylic acid groups (broad SMARTS) is 1. The van der Waals surface area contributed by atoms with Crippen molar-refractivity contribution >= 4 is 53.2 Å². The van der Waals surface area contributed by atoms with Crippen LogP contribution in [0.25, 0.3) is 10.9 Å². The van der Waals surface area contributed by atoms with Gasteiger partial charge in [0.25, 0.3) is 0 Å². The molecule has 0 fully saturated rings. The van der Waals surface area contributed by atoms with Gasteiger partial charge in [-0.1, -0.05) is 32.0 Å². The first-order valence-corrected chi connectivity index (χ1v) is 13.7. The van der Waals surface area contributed by atoms with Crippen molar-refractivity contribution in [3.63, 3.8) is 0 Å². The van der Waals surface area contributed by atoms with Crippen molar-refractivity contribution in [2.75, 3.05) is 12.3 Å². The lowest BCUT2D eigenvalue weighted by atomic mass is 10.00. The number of hydrogen-bond acceptors (Lipinski definition) is 7. The predicted molar refractivity (Wildman–Crippen MR) is 157 cm³/mol. The molecule has 0 aliphatic heterocycles. The van der Waals surface area contributed by atoms with Gasteiger partial charge in [0.05, 0.1) is 6.04 Å². The Bertz CT molecular complexity index is 1200. The highest BCUT2D eigenvalue weighted by Gasteiger charge is 2.31. The number of hydrogen-bond donors (Lipinski definition) is 9. The minimum absolute atomic E-state index is 0.0331. The maximum absolute atomic E-state index is 13.4. The Balaban J connectivity index is 2.29. The van der Waals surface area contributed by atoms with E-state index in [4.69, 9.17) is 17.2 Å². The number of aromatic nitrogens is 1. The monoisotopic (exact) mass is 576 g/mol. The van der Waals surface area contributed by atoms with E-state index in [0.717, 1.165) is 16.5 Å². The van der Waals surface area contributed by atoms with Crippen LogP contribution >= 0.6 is 12.6 Å². The Kier molecular flexibility index (Phi) is 12.7. The van der Waals surface area contributed by atoms with Gasteiger partial charge in [0, 0.05) is 35.8 Å². The highest BCUT2D eigenvalue weighted by molar-refractivity contribution is 7.80. The van der Waals surface area contributed by atoms with Gasteiger partial charge in [-0.15, -0.1) is 0 Å². The summed E-state index contributed by atoms with van der Waals surface area (Å²) < 4.78 is 0. The number of carbonyl (C=O) groups excluding carboxylic acids is 3. The molecule has 1 aromatic heterocycles. The van der Waals surface area contributed by atoms with E-state index in [9.17, 15) is 24.3 Å². The molecule has 220 valence electrons. The van der Waals surface area contributed by atoms with Gasteiger partial charge in [0.2, 0.25) is 17.7 Å². The lowest BCUT2D eigenvalue weighted by molar-refractivity contribution is -0.142. The minimum atomic E-state index is -1.24. The molecule has 4 atom stereocenters. The average Bonchev–Trinajstić information content (AvgIpc) is 3.31. The summed E-state index contributed by atoms with van der Waals surface area (Å²) in [4.78, 5) is 58.1. The Morgan fingerprint density at radius 2 is 1.62 bits per heavy atom. The molecular weight excluding hydrogens is 536 g/mol. The summed E-state index contributed by atoms with van der Waals surface area (Å²) in [6.45, 7) is 3.98. The number of carboxylic acids is 1. The molecule has 3 amide bonds. The first-order chi connectivity index (χ1) is 18.9. The van der Waals surface area contributed by atoms with Crippen LogP contribution < -0.4 is 33.2 Å². The second-order valence-corrected chi connectivity index (χ2v) is 10.3. The summed E-state index contributed by atoms with van der Waals surface area (Å²) in [5, 5.41) is 18.4. The second-order valence-electron chi connectivity index (χ2n) is 9.95. The summed E-state index contributed by atoms with van der Waals surface area (Å²) in [5.74, 6) is -3.04. The Hall–Kier alpha value is -3.78. The second kappa shape index (κ2) is 15.7. The SMILES string of the molecule is CC(C)CC(NC(=O)C(N)CS)C(=O)NC(Cc1c[nH]c2ccccc12)C(=O)NC(CCCN=C(N)N)C(=O)O. The van der Waals surface area contributed by atoms with Crippen molar-refractivity contribution in [1.29, 1.82) is 0 Å². The normalized spacial score (nSPS) is 14.1. The number of guanidine groups is 1. The summed E-state index contributed by atoms with van der Waals surface area (Å²) >= 11 is 4.04. The number of aromatic amines is 1. The number of carbonyl (C=O) groups is 4. The van der Waals surface area contributed by atoms with Crippen LogP contribution in [0.15, 0.2) is 35.5 Å². The summed E-state index contributed by atoms with van der Waals surface area (Å²) in [7, 11) is 0. The highest BCUT2D eigenvalue weighted by atomic mass is 32.1. The lowest BCUT2D eigenvalue weighted by Crippen LogP contribution is -2.58. The Labute approximate surface area is 238 Å². The van der Waals surface area contributed by atoms with Crippen LogP contribution in [0.2, 0.25) is 0 Å². The molecule has 1 aromatic carbocycles. The van der Waals surface area contributed by atoms with Gasteiger partial charge < -0.3 is 43.2 Å². The van der Waals surface area contributed by atoms with Crippen LogP contribution in [0.3, 0.4) is 0 Å². The van der Waals surface area contributed by atoms with Crippen molar-refractivity contribution in [2.45, 2.75) is 63.7 Å². The van der Waals surface area contributed by atoms with E-state index in [2.05, 4.69) is 38.6 Å². The van der Waals surface area contributed by atoms with E-state index in [1.54, 1.807) is 6.20 Å². The largest absolute Gasteiger partial charge is 0.480 e. The zero-order valence-electron chi connectivity index (χ0n) is 22.7. The maximum Gasteiger partial charge on any atom is 0.326 e. The van der Waals surface area contributed by atoms with Crippen LogP contribution in [0, 0.1) is 5.92 Å². The van der Waals surface area contributed by atoms with E-state index in [1.165, 1.54) is 0 Å². The van der Waals surface area contributed by atoms with E-state index in [0.29, 0.717) is 12.8 Å².